The number of benzene rings is 2. The van der Waals surface area contributed by atoms with Gasteiger partial charge in [-0.15, -0.1) is 0 Å². The Labute approximate surface area is 197 Å². The molecule has 0 aliphatic rings. The number of nitrogens with one attached hydrogen (secondary N) is 3. The lowest BCUT2D eigenvalue weighted by Gasteiger charge is -2.13. The maximum absolute atomic E-state index is 13.0. The van der Waals surface area contributed by atoms with Gasteiger partial charge in [-0.25, -0.2) is 9.97 Å². The third-order valence-electron chi connectivity index (χ3n) is 5.22. The molecule has 9 nitrogen and oxygen atoms in total. The lowest BCUT2D eigenvalue weighted by atomic mass is 10.1. The van der Waals surface area contributed by atoms with Crippen LogP contribution in [0.25, 0.3) is 11.0 Å². The van der Waals surface area contributed by atoms with Crippen molar-refractivity contribution in [2.75, 3.05) is 17.7 Å². The van der Waals surface area contributed by atoms with Gasteiger partial charge in [0, 0.05) is 31.0 Å². The lowest BCUT2D eigenvalue weighted by Crippen LogP contribution is -2.21. The van der Waals surface area contributed by atoms with Crippen LogP contribution in [0.4, 0.5) is 30.4 Å². The number of hydrogen-bond donors (Lipinski definition) is 3. The van der Waals surface area contributed by atoms with Crippen LogP contribution >= 0.6 is 0 Å². The second kappa shape index (κ2) is 9.05. The Balaban J connectivity index is 1.65. The normalized spacial score (nSPS) is 11.4. The zero-order valence-electron chi connectivity index (χ0n) is 18.9. The van der Waals surface area contributed by atoms with Crippen LogP contribution in [0.2, 0.25) is 0 Å². The van der Waals surface area contributed by atoms with Crippen molar-refractivity contribution in [1.29, 1.82) is 0 Å². The summed E-state index contributed by atoms with van der Waals surface area (Å²) in [6.45, 7) is 1.80. The van der Waals surface area contributed by atoms with Crippen LogP contribution in [-0.2, 0) is 13.2 Å². The molecule has 0 aliphatic heterocycles. The molecule has 0 spiro atoms. The topological polar surface area (TPSA) is 114 Å². The number of carbonyl (C=O) groups is 2. The lowest BCUT2D eigenvalue weighted by molar-refractivity contribution is -0.137. The van der Waals surface area contributed by atoms with E-state index in [1.807, 2.05) is 0 Å². The predicted molar refractivity (Wildman–Crippen MR) is 124 cm³/mol. The number of aromatic nitrogens is 4. The number of fused-ring (bicyclic) bond motifs is 1. The number of halogens is 3. The Kier molecular flexibility index (Phi) is 6.12. The van der Waals surface area contributed by atoms with E-state index in [4.69, 9.17) is 0 Å². The highest BCUT2D eigenvalue weighted by molar-refractivity contribution is 6.05. The summed E-state index contributed by atoms with van der Waals surface area (Å²) < 4.78 is 40.5. The third kappa shape index (κ3) is 4.90. The van der Waals surface area contributed by atoms with Gasteiger partial charge in [-0.05, 0) is 42.8 Å². The fraction of sp³-hybridized carbons (Fsp3) is 0.174. The van der Waals surface area contributed by atoms with E-state index in [0.29, 0.717) is 22.5 Å². The Morgan fingerprint density at radius 1 is 1.03 bits per heavy atom. The Bertz CT molecular complexity index is 1450. The summed E-state index contributed by atoms with van der Waals surface area (Å²) in [5, 5.41) is 12.8. The van der Waals surface area contributed by atoms with Crippen LogP contribution in [0, 0.1) is 6.92 Å². The van der Waals surface area contributed by atoms with Crippen molar-refractivity contribution in [2.45, 2.75) is 13.1 Å². The molecule has 0 aliphatic carbocycles. The number of carbonyl (C=O) groups excluding carboxylic acids is 2. The van der Waals surface area contributed by atoms with Crippen molar-refractivity contribution < 1.29 is 22.8 Å². The molecule has 3 N–H and O–H groups in total. The van der Waals surface area contributed by atoms with Gasteiger partial charge < -0.3 is 16.0 Å². The van der Waals surface area contributed by atoms with Crippen molar-refractivity contribution in [3.8, 4) is 0 Å². The average molecular weight is 483 g/mol. The van der Waals surface area contributed by atoms with Crippen molar-refractivity contribution in [2.24, 2.45) is 7.05 Å². The van der Waals surface area contributed by atoms with Crippen LogP contribution < -0.4 is 16.0 Å². The van der Waals surface area contributed by atoms with Gasteiger partial charge in [0.05, 0.1) is 17.1 Å². The molecule has 35 heavy (non-hydrogen) atoms. The summed E-state index contributed by atoms with van der Waals surface area (Å²) in [6, 6.07) is 9.18. The van der Waals surface area contributed by atoms with Gasteiger partial charge in [0.1, 0.15) is 5.82 Å². The molecule has 2 amide bonds. The highest BCUT2D eigenvalue weighted by Crippen LogP contribution is 2.31. The van der Waals surface area contributed by atoms with Gasteiger partial charge in [-0.2, -0.15) is 18.3 Å². The largest absolute Gasteiger partial charge is 0.416 e. The quantitative estimate of drug-likeness (QED) is 0.395. The molecule has 0 unspecified atom stereocenters. The number of nitrogens with zero attached hydrogens (tertiary/aromatic N) is 4. The first kappa shape index (κ1) is 23.7. The fourth-order valence-corrected chi connectivity index (χ4v) is 3.33. The van der Waals surface area contributed by atoms with E-state index >= 15 is 0 Å². The van der Waals surface area contributed by atoms with E-state index in [1.54, 1.807) is 38.4 Å². The van der Waals surface area contributed by atoms with Crippen LogP contribution in [0.1, 0.15) is 32.1 Å². The third-order valence-corrected chi connectivity index (χ3v) is 5.22. The summed E-state index contributed by atoms with van der Waals surface area (Å²) in [5.41, 5.74) is 1.06. The average Bonchev–Trinajstić information content (AvgIpc) is 3.20. The molecule has 4 aromatic rings. The molecule has 2 aromatic carbocycles. The zero-order valence-corrected chi connectivity index (χ0v) is 18.9. The maximum atomic E-state index is 13.0. The first-order valence-electron chi connectivity index (χ1n) is 10.3. The standard InChI is InChI=1S/C23H20F3N7O2/c1-12-7-8-13(21(34)29-15-6-4-5-14(10-15)23(24,25)26)9-17(12)30-18-16-11-28-33(3)20(16)32-19(31-18)22(35)27-2/h4-11H,1-3H3,(H,27,35)(H,29,34)(H,30,31,32). The number of anilines is 3. The maximum Gasteiger partial charge on any atom is 0.416 e. The van der Waals surface area contributed by atoms with Gasteiger partial charge in [-0.1, -0.05) is 12.1 Å². The minimum atomic E-state index is -4.52. The molecule has 0 saturated carbocycles. The molecule has 0 bridgehead atoms. The summed E-state index contributed by atoms with van der Waals surface area (Å²) in [5.74, 6) is -0.836. The molecule has 2 heterocycles. The number of alkyl halides is 3. The molecule has 0 atom stereocenters. The Morgan fingerprint density at radius 2 is 1.80 bits per heavy atom. The number of amides is 2. The summed E-state index contributed by atoms with van der Waals surface area (Å²) >= 11 is 0. The first-order valence-corrected chi connectivity index (χ1v) is 10.3. The second-order valence-corrected chi connectivity index (χ2v) is 7.67. The van der Waals surface area contributed by atoms with Gasteiger partial charge in [0.15, 0.2) is 5.65 Å². The van der Waals surface area contributed by atoms with Crippen LogP contribution in [0.5, 0.6) is 0 Å². The van der Waals surface area contributed by atoms with Gasteiger partial charge >= 0.3 is 6.18 Å². The first-order chi connectivity index (χ1) is 16.6. The Morgan fingerprint density at radius 3 is 2.51 bits per heavy atom. The monoisotopic (exact) mass is 483 g/mol. The predicted octanol–water partition coefficient (Wildman–Crippen LogP) is 4.05. The molecule has 2 aromatic heterocycles. The van der Waals surface area contributed by atoms with Crippen LogP contribution in [-0.4, -0.2) is 38.6 Å². The van der Waals surface area contributed by atoms with Crippen molar-refractivity contribution in [1.82, 2.24) is 25.1 Å². The molecule has 0 saturated heterocycles. The van der Waals surface area contributed by atoms with E-state index < -0.39 is 23.6 Å². The summed E-state index contributed by atoms with van der Waals surface area (Å²) in [7, 11) is 3.14. The van der Waals surface area contributed by atoms with E-state index in [-0.39, 0.29) is 17.1 Å². The van der Waals surface area contributed by atoms with Crippen LogP contribution in [0.3, 0.4) is 0 Å². The van der Waals surface area contributed by atoms with Crippen molar-refractivity contribution in [3.05, 3.63) is 71.2 Å². The summed E-state index contributed by atoms with van der Waals surface area (Å²) in [4.78, 5) is 33.5. The second-order valence-electron chi connectivity index (χ2n) is 7.67. The minimum absolute atomic E-state index is 0.0167. The van der Waals surface area contributed by atoms with Crippen molar-refractivity contribution >= 4 is 40.0 Å². The summed E-state index contributed by atoms with van der Waals surface area (Å²) in [6.07, 6.45) is -2.98. The van der Waals surface area contributed by atoms with Gasteiger partial charge in [0.25, 0.3) is 11.8 Å². The smallest absolute Gasteiger partial charge is 0.352 e. The zero-order chi connectivity index (χ0) is 25.3. The molecule has 4 rings (SSSR count). The van der Waals surface area contributed by atoms with Crippen LogP contribution in [0.15, 0.2) is 48.7 Å². The molecule has 180 valence electrons. The highest BCUT2D eigenvalue weighted by Gasteiger charge is 2.30. The highest BCUT2D eigenvalue weighted by atomic mass is 19.4. The van der Waals surface area contributed by atoms with E-state index in [0.717, 1.165) is 17.7 Å². The number of hydrogen-bond acceptors (Lipinski definition) is 6. The van der Waals surface area contributed by atoms with E-state index in [2.05, 4.69) is 31.0 Å². The van der Waals surface area contributed by atoms with Crippen molar-refractivity contribution in [3.63, 3.8) is 0 Å². The number of aryl methyl sites for hydroxylation is 2. The Hall–Kier alpha value is -4.48. The molecule has 0 radical (unpaired) electrons. The van der Waals surface area contributed by atoms with Gasteiger partial charge in [0.2, 0.25) is 5.82 Å². The van der Waals surface area contributed by atoms with E-state index in [9.17, 15) is 22.8 Å². The van der Waals surface area contributed by atoms with E-state index in [1.165, 1.54) is 23.9 Å². The molecule has 0 fully saturated rings. The molecular weight excluding hydrogens is 463 g/mol. The number of rotatable bonds is 5. The molecular formula is C23H20F3N7O2. The fourth-order valence-electron chi connectivity index (χ4n) is 3.33. The minimum Gasteiger partial charge on any atom is -0.352 e. The van der Waals surface area contributed by atoms with Gasteiger partial charge in [-0.3, -0.25) is 14.3 Å². The SMILES string of the molecule is CNC(=O)c1nc(Nc2cc(C(=O)Nc3cccc(C(F)(F)F)c3)ccc2C)c2cnn(C)c2n1. The molecule has 12 heteroatoms.